The van der Waals surface area contributed by atoms with Crippen LogP contribution in [0.2, 0.25) is 0 Å². The van der Waals surface area contributed by atoms with Crippen molar-refractivity contribution in [3.05, 3.63) is 44.5 Å². The number of aromatic nitrogens is 2. The van der Waals surface area contributed by atoms with Gasteiger partial charge in [0.2, 0.25) is 0 Å². The molecule has 0 spiro atoms. The average molecular weight is 234 g/mol. The van der Waals surface area contributed by atoms with E-state index in [-0.39, 0.29) is 17.2 Å². The highest BCUT2D eigenvalue weighted by Crippen LogP contribution is 2.34. The molecule has 0 unspecified atom stereocenters. The SMILES string of the molecule is O=c1ccc(=O)n2n1CC=C1CCC[C@@H](O)[C@@H]12. The number of fused-ring (bicyclic) bond motifs is 3. The molecule has 0 bridgehead atoms. The van der Waals surface area contributed by atoms with Crippen molar-refractivity contribution in [1.29, 1.82) is 0 Å². The van der Waals surface area contributed by atoms with Gasteiger partial charge in [-0.2, -0.15) is 0 Å². The zero-order valence-electron chi connectivity index (χ0n) is 9.37. The summed E-state index contributed by atoms with van der Waals surface area (Å²) in [6.07, 6.45) is 3.92. The lowest BCUT2D eigenvalue weighted by atomic mass is 9.86. The molecule has 1 aromatic heterocycles. The minimum absolute atomic E-state index is 0.197. The first kappa shape index (κ1) is 10.5. The fourth-order valence-electron chi connectivity index (χ4n) is 2.81. The normalized spacial score (nSPS) is 27.0. The molecule has 1 N–H and O–H groups in total. The first-order chi connectivity index (χ1) is 8.18. The molecule has 5 heteroatoms. The largest absolute Gasteiger partial charge is 0.391 e. The molecule has 3 rings (SSSR count). The van der Waals surface area contributed by atoms with Crippen molar-refractivity contribution < 1.29 is 5.11 Å². The summed E-state index contributed by atoms with van der Waals surface area (Å²) in [5.74, 6) is 0. The van der Waals surface area contributed by atoms with Gasteiger partial charge in [0.05, 0.1) is 12.6 Å². The first-order valence-corrected chi connectivity index (χ1v) is 5.88. The number of allylic oxidation sites excluding steroid dienone is 1. The molecule has 17 heavy (non-hydrogen) atoms. The van der Waals surface area contributed by atoms with Gasteiger partial charge < -0.3 is 5.11 Å². The van der Waals surface area contributed by atoms with Gasteiger partial charge in [-0.15, -0.1) is 0 Å². The summed E-state index contributed by atoms with van der Waals surface area (Å²) in [7, 11) is 0. The fraction of sp³-hybridized carbons (Fsp3) is 0.500. The second kappa shape index (κ2) is 3.70. The predicted molar refractivity (Wildman–Crippen MR) is 61.9 cm³/mol. The summed E-state index contributed by atoms with van der Waals surface area (Å²) < 4.78 is 2.83. The molecule has 5 nitrogen and oxygen atoms in total. The molecule has 1 aliphatic heterocycles. The molecular weight excluding hydrogens is 220 g/mol. The topological polar surface area (TPSA) is 64.2 Å². The van der Waals surface area contributed by atoms with Crippen molar-refractivity contribution in [2.45, 2.75) is 38.0 Å². The van der Waals surface area contributed by atoms with Gasteiger partial charge >= 0.3 is 0 Å². The molecule has 90 valence electrons. The molecule has 2 heterocycles. The van der Waals surface area contributed by atoms with E-state index in [1.54, 1.807) is 0 Å². The highest BCUT2D eigenvalue weighted by Gasteiger charge is 2.33. The average Bonchev–Trinajstić information content (AvgIpc) is 2.33. The Morgan fingerprint density at radius 3 is 2.82 bits per heavy atom. The van der Waals surface area contributed by atoms with Crippen molar-refractivity contribution in [2.75, 3.05) is 0 Å². The molecule has 0 aromatic carbocycles. The van der Waals surface area contributed by atoms with E-state index in [0.717, 1.165) is 18.4 Å². The smallest absolute Gasteiger partial charge is 0.266 e. The Morgan fingerprint density at radius 1 is 1.24 bits per heavy atom. The quantitative estimate of drug-likeness (QED) is 0.644. The minimum Gasteiger partial charge on any atom is -0.391 e. The van der Waals surface area contributed by atoms with Crippen LogP contribution in [0.15, 0.2) is 33.4 Å². The molecule has 1 aromatic rings. The van der Waals surface area contributed by atoms with E-state index in [0.29, 0.717) is 13.0 Å². The molecule has 0 amide bonds. The van der Waals surface area contributed by atoms with Gasteiger partial charge in [-0.25, -0.2) is 9.36 Å². The van der Waals surface area contributed by atoms with Crippen LogP contribution in [0, 0.1) is 0 Å². The second-order valence-electron chi connectivity index (χ2n) is 4.62. The van der Waals surface area contributed by atoms with Gasteiger partial charge in [0, 0.05) is 12.1 Å². The van der Waals surface area contributed by atoms with E-state index >= 15 is 0 Å². The Hall–Kier alpha value is -1.62. The number of hydrogen-bond acceptors (Lipinski definition) is 3. The van der Waals surface area contributed by atoms with Gasteiger partial charge in [0.25, 0.3) is 11.1 Å². The molecule has 0 radical (unpaired) electrons. The van der Waals surface area contributed by atoms with Gasteiger partial charge in [0.1, 0.15) is 6.04 Å². The van der Waals surface area contributed by atoms with Crippen LogP contribution >= 0.6 is 0 Å². The number of rotatable bonds is 0. The van der Waals surface area contributed by atoms with Crippen LogP contribution in [0.4, 0.5) is 0 Å². The maximum Gasteiger partial charge on any atom is 0.266 e. The highest BCUT2D eigenvalue weighted by atomic mass is 16.3. The molecule has 1 aliphatic carbocycles. The van der Waals surface area contributed by atoms with Crippen LogP contribution < -0.4 is 11.1 Å². The summed E-state index contributed by atoms with van der Waals surface area (Å²) in [5.41, 5.74) is 0.662. The monoisotopic (exact) mass is 234 g/mol. The van der Waals surface area contributed by atoms with Crippen molar-refractivity contribution in [1.82, 2.24) is 9.36 Å². The third-order valence-electron chi connectivity index (χ3n) is 3.61. The Labute approximate surface area is 97.6 Å². The Balaban J connectivity index is 2.24. The van der Waals surface area contributed by atoms with Crippen molar-refractivity contribution in [3.8, 4) is 0 Å². The van der Waals surface area contributed by atoms with E-state index in [1.165, 1.54) is 21.5 Å². The Kier molecular flexibility index (Phi) is 2.29. The second-order valence-corrected chi connectivity index (χ2v) is 4.62. The maximum absolute atomic E-state index is 11.9. The van der Waals surface area contributed by atoms with Gasteiger partial charge in [-0.3, -0.25) is 9.59 Å². The molecule has 2 atom stereocenters. The molecule has 2 aliphatic rings. The molecular formula is C12H14N2O3. The zero-order valence-corrected chi connectivity index (χ0v) is 9.37. The standard InChI is InChI=1S/C12H14N2O3/c15-9-3-1-2-8-6-7-13-10(16)4-5-11(17)14(13)12(8)9/h4-6,9,12,15H,1-3,7H2/t9-,12-/m1/s1. The lowest BCUT2D eigenvalue weighted by Crippen LogP contribution is -2.47. The van der Waals surface area contributed by atoms with E-state index in [4.69, 9.17) is 0 Å². The van der Waals surface area contributed by atoms with E-state index in [9.17, 15) is 14.7 Å². The summed E-state index contributed by atoms with van der Waals surface area (Å²) in [5, 5.41) is 10.1. The lowest BCUT2D eigenvalue weighted by Gasteiger charge is -2.36. The summed E-state index contributed by atoms with van der Waals surface area (Å²) in [6.45, 7) is 0.424. The van der Waals surface area contributed by atoms with Gasteiger partial charge in [0.15, 0.2) is 0 Å². The summed E-state index contributed by atoms with van der Waals surface area (Å²) >= 11 is 0. The minimum atomic E-state index is -0.568. The van der Waals surface area contributed by atoms with Crippen molar-refractivity contribution >= 4 is 0 Å². The van der Waals surface area contributed by atoms with Crippen molar-refractivity contribution in [2.24, 2.45) is 0 Å². The predicted octanol–water partition coefficient (Wildman–Crippen LogP) is 0.0359. The highest BCUT2D eigenvalue weighted by molar-refractivity contribution is 5.17. The van der Waals surface area contributed by atoms with Crippen LogP contribution in [0.5, 0.6) is 0 Å². The number of hydrogen-bond donors (Lipinski definition) is 1. The van der Waals surface area contributed by atoms with Crippen LogP contribution in [0.25, 0.3) is 0 Å². The fourth-order valence-corrected chi connectivity index (χ4v) is 2.81. The zero-order chi connectivity index (χ0) is 12.0. The maximum atomic E-state index is 11.9. The van der Waals surface area contributed by atoms with E-state index in [2.05, 4.69) is 0 Å². The summed E-state index contributed by atoms with van der Waals surface area (Å²) in [6, 6.07) is 2.22. The first-order valence-electron chi connectivity index (χ1n) is 5.88. The van der Waals surface area contributed by atoms with Crippen molar-refractivity contribution in [3.63, 3.8) is 0 Å². The molecule has 1 saturated carbocycles. The van der Waals surface area contributed by atoms with Gasteiger partial charge in [-0.05, 0) is 24.8 Å². The molecule has 1 fully saturated rings. The van der Waals surface area contributed by atoms with E-state index in [1.807, 2.05) is 6.08 Å². The number of nitrogens with zero attached hydrogens (tertiary/aromatic N) is 2. The van der Waals surface area contributed by atoms with Crippen LogP contribution in [-0.2, 0) is 6.54 Å². The third kappa shape index (κ3) is 1.50. The van der Waals surface area contributed by atoms with Crippen LogP contribution in [0.3, 0.4) is 0 Å². The summed E-state index contributed by atoms with van der Waals surface area (Å²) in [4.78, 5) is 23.6. The number of aliphatic hydroxyl groups is 1. The van der Waals surface area contributed by atoms with E-state index < -0.39 is 6.10 Å². The van der Waals surface area contributed by atoms with Crippen LogP contribution in [0.1, 0.15) is 25.3 Å². The van der Waals surface area contributed by atoms with Gasteiger partial charge in [-0.1, -0.05) is 6.08 Å². The third-order valence-corrected chi connectivity index (χ3v) is 3.61. The number of aliphatic hydroxyl groups excluding tert-OH is 1. The molecule has 0 saturated heterocycles. The van der Waals surface area contributed by atoms with Crippen LogP contribution in [-0.4, -0.2) is 20.6 Å². The lowest BCUT2D eigenvalue weighted by molar-refractivity contribution is 0.0816. The Morgan fingerprint density at radius 2 is 2.00 bits per heavy atom. The Bertz CT molecular complexity index is 597.